The fourth-order valence-electron chi connectivity index (χ4n) is 2.82. The van der Waals surface area contributed by atoms with Crippen molar-refractivity contribution in [2.45, 2.75) is 57.2 Å². The molecule has 0 saturated carbocycles. The van der Waals surface area contributed by atoms with E-state index < -0.39 is 0 Å². The van der Waals surface area contributed by atoms with Gasteiger partial charge in [-0.3, -0.25) is 0 Å². The number of aliphatic hydroxyl groups excluding tert-OH is 1. The van der Waals surface area contributed by atoms with Crippen molar-refractivity contribution in [3.8, 4) is 0 Å². The minimum absolute atomic E-state index is 0.0916. The van der Waals surface area contributed by atoms with E-state index in [4.69, 9.17) is 4.74 Å². The first-order valence-corrected chi connectivity index (χ1v) is 6.26. The number of piperidine rings is 1. The summed E-state index contributed by atoms with van der Waals surface area (Å²) in [6, 6.07) is 0.989. The number of ether oxygens (including phenoxy) is 1. The number of hydrogen-bond acceptors (Lipinski definition) is 3. The Balaban J connectivity index is 1.69. The standard InChI is InChI=1S/C12H23NO2/c1-9-6-12(14)7-11(13-9)3-2-10-4-5-15-8-10/h9-14H,2-8H2,1H3/t9-,10+,11+,12-/m1/s1. The molecule has 0 amide bonds. The van der Waals surface area contributed by atoms with Crippen LogP contribution in [0.2, 0.25) is 0 Å². The predicted molar refractivity (Wildman–Crippen MR) is 59.8 cm³/mol. The van der Waals surface area contributed by atoms with E-state index in [9.17, 15) is 5.11 Å². The Labute approximate surface area is 92.2 Å². The van der Waals surface area contributed by atoms with E-state index in [1.54, 1.807) is 0 Å². The van der Waals surface area contributed by atoms with Gasteiger partial charge in [-0.05, 0) is 44.9 Å². The Kier molecular flexibility index (Phi) is 4.00. The molecule has 0 aromatic heterocycles. The molecule has 0 bridgehead atoms. The zero-order valence-corrected chi connectivity index (χ0v) is 9.61. The second-order valence-electron chi connectivity index (χ2n) is 5.20. The van der Waals surface area contributed by atoms with Gasteiger partial charge in [0.1, 0.15) is 0 Å². The summed E-state index contributed by atoms with van der Waals surface area (Å²) in [5.74, 6) is 0.765. The Morgan fingerprint density at radius 1 is 1.33 bits per heavy atom. The molecule has 88 valence electrons. The molecule has 2 heterocycles. The molecule has 3 nitrogen and oxygen atoms in total. The van der Waals surface area contributed by atoms with Crippen molar-refractivity contribution >= 4 is 0 Å². The Bertz CT molecular complexity index is 182. The molecule has 2 saturated heterocycles. The lowest BCUT2D eigenvalue weighted by atomic mass is 9.91. The number of hydrogen-bond donors (Lipinski definition) is 2. The highest BCUT2D eigenvalue weighted by atomic mass is 16.5. The summed E-state index contributed by atoms with van der Waals surface area (Å²) < 4.78 is 5.37. The smallest absolute Gasteiger partial charge is 0.0569 e. The summed E-state index contributed by atoms with van der Waals surface area (Å²) in [5.41, 5.74) is 0. The van der Waals surface area contributed by atoms with Crippen molar-refractivity contribution in [3.05, 3.63) is 0 Å². The molecule has 15 heavy (non-hydrogen) atoms. The molecular formula is C12H23NO2. The maximum Gasteiger partial charge on any atom is 0.0569 e. The lowest BCUT2D eigenvalue weighted by molar-refractivity contribution is 0.0930. The molecule has 0 radical (unpaired) electrons. The van der Waals surface area contributed by atoms with Crippen molar-refractivity contribution in [2.75, 3.05) is 13.2 Å². The maximum atomic E-state index is 9.68. The lowest BCUT2D eigenvalue weighted by Gasteiger charge is -2.32. The molecule has 0 unspecified atom stereocenters. The Hall–Kier alpha value is -0.120. The Morgan fingerprint density at radius 2 is 2.20 bits per heavy atom. The van der Waals surface area contributed by atoms with E-state index in [-0.39, 0.29) is 6.10 Å². The summed E-state index contributed by atoms with van der Waals surface area (Å²) in [6.45, 7) is 4.06. The van der Waals surface area contributed by atoms with Gasteiger partial charge in [-0.25, -0.2) is 0 Å². The summed E-state index contributed by atoms with van der Waals surface area (Å²) >= 11 is 0. The first-order chi connectivity index (χ1) is 7.24. The van der Waals surface area contributed by atoms with Gasteiger partial charge < -0.3 is 15.2 Å². The molecular weight excluding hydrogens is 190 g/mol. The third-order valence-corrected chi connectivity index (χ3v) is 3.65. The van der Waals surface area contributed by atoms with Crippen LogP contribution < -0.4 is 5.32 Å². The normalized spacial score (nSPS) is 42.0. The highest BCUT2D eigenvalue weighted by Crippen LogP contribution is 2.22. The largest absolute Gasteiger partial charge is 0.393 e. The molecule has 0 aromatic rings. The van der Waals surface area contributed by atoms with Crippen LogP contribution in [-0.4, -0.2) is 36.5 Å². The zero-order valence-electron chi connectivity index (χ0n) is 9.61. The third kappa shape index (κ3) is 3.44. The van der Waals surface area contributed by atoms with Gasteiger partial charge in [0.2, 0.25) is 0 Å². The van der Waals surface area contributed by atoms with Crippen molar-refractivity contribution in [2.24, 2.45) is 5.92 Å². The van der Waals surface area contributed by atoms with Crippen LogP contribution in [0.3, 0.4) is 0 Å². The Morgan fingerprint density at radius 3 is 2.87 bits per heavy atom. The summed E-state index contributed by atoms with van der Waals surface area (Å²) in [5, 5.41) is 13.2. The minimum Gasteiger partial charge on any atom is -0.393 e. The molecule has 2 fully saturated rings. The second kappa shape index (κ2) is 5.28. The van der Waals surface area contributed by atoms with Gasteiger partial charge in [0.25, 0.3) is 0 Å². The molecule has 0 aliphatic carbocycles. The van der Waals surface area contributed by atoms with Crippen molar-refractivity contribution in [3.63, 3.8) is 0 Å². The fourth-order valence-corrected chi connectivity index (χ4v) is 2.82. The van der Waals surface area contributed by atoms with Gasteiger partial charge in [0, 0.05) is 25.3 Å². The molecule has 2 rings (SSSR count). The van der Waals surface area contributed by atoms with E-state index in [0.29, 0.717) is 12.1 Å². The SMILES string of the molecule is C[C@@H]1C[C@@H](O)C[C@H](CC[C@H]2CCOC2)N1. The molecule has 4 atom stereocenters. The van der Waals surface area contributed by atoms with Gasteiger partial charge >= 0.3 is 0 Å². The van der Waals surface area contributed by atoms with Crippen molar-refractivity contribution in [1.29, 1.82) is 0 Å². The van der Waals surface area contributed by atoms with Crippen LogP contribution in [0.5, 0.6) is 0 Å². The first-order valence-electron chi connectivity index (χ1n) is 6.26. The van der Waals surface area contributed by atoms with Crippen LogP contribution in [0.25, 0.3) is 0 Å². The number of nitrogens with one attached hydrogen (secondary N) is 1. The van der Waals surface area contributed by atoms with E-state index in [2.05, 4.69) is 12.2 Å². The van der Waals surface area contributed by atoms with Crippen LogP contribution in [0.15, 0.2) is 0 Å². The monoisotopic (exact) mass is 213 g/mol. The summed E-state index contributed by atoms with van der Waals surface area (Å²) in [4.78, 5) is 0. The molecule has 0 aromatic carbocycles. The van der Waals surface area contributed by atoms with Gasteiger partial charge in [0.15, 0.2) is 0 Å². The van der Waals surface area contributed by atoms with E-state index in [1.807, 2.05) is 0 Å². The van der Waals surface area contributed by atoms with Crippen LogP contribution in [0, 0.1) is 5.92 Å². The molecule has 2 aliphatic heterocycles. The van der Waals surface area contributed by atoms with Gasteiger partial charge in [0.05, 0.1) is 6.10 Å². The van der Waals surface area contributed by atoms with Gasteiger partial charge in [-0.2, -0.15) is 0 Å². The predicted octanol–water partition coefficient (Wildman–Crippen LogP) is 1.30. The van der Waals surface area contributed by atoms with E-state index in [0.717, 1.165) is 32.0 Å². The maximum absolute atomic E-state index is 9.68. The molecule has 2 aliphatic rings. The lowest BCUT2D eigenvalue weighted by Crippen LogP contribution is -2.46. The third-order valence-electron chi connectivity index (χ3n) is 3.65. The quantitative estimate of drug-likeness (QED) is 0.742. The second-order valence-corrected chi connectivity index (χ2v) is 5.20. The average molecular weight is 213 g/mol. The van der Waals surface area contributed by atoms with Crippen molar-refractivity contribution < 1.29 is 9.84 Å². The summed E-state index contributed by atoms with van der Waals surface area (Å²) in [7, 11) is 0. The van der Waals surface area contributed by atoms with Crippen LogP contribution in [0.1, 0.15) is 39.0 Å². The minimum atomic E-state index is -0.0916. The van der Waals surface area contributed by atoms with Crippen LogP contribution >= 0.6 is 0 Å². The number of aliphatic hydroxyl groups is 1. The van der Waals surface area contributed by atoms with Crippen LogP contribution in [0.4, 0.5) is 0 Å². The topological polar surface area (TPSA) is 41.5 Å². The van der Waals surface area contributed by atoms with Gasteiger partial charge in [-0.15, -0.1) is 0 Å². The fraction of sp³-hybridized carbons (Fsp3) is 1.00. The van der Waals surface area contributed by atoms with Crippen molar-refractivity contribution in [1.82, 2.24) is 5.32 Å². The van der Waals surface area contributed by atoms with E-state index >= 15 is 0 Å². The molecule has 0 spiro atoms. The number of rotatable bonds is 3. The van der Waals surface area contributed by atoms with Gasteiger partial charge in [-0.1, -0.05) is 0 Å². The van der Waals surface area contributed by atoms with Crippen LogP contribution in [-0.2, 0) is 4.74 Å². The highest BCUT2D eigenvalue weighted by molar-refractivity contribution is 4.83. The average Bonchev–Trinajstić information content (AvgIpc) is 2.65. The van der Waals surface area contributed by atoms with E-state index in [1.165, 1.54) is 19.3 Å². The molecule has 2 N–H and O–H groups in total. The first kappa shape index (κ1) is 11.4. The summed E-state index contributed by atoms with van der Waals surface area (Å²) in [6.07, 6.45) is 5.41. The molecule has 3 heteroatoms. The highest BCUT2D eigenvalue weighted by Gasteiger charge is 2.25. The zero-order chi connectivity index (χ0) is 10.7.